The van der Waals surface area contributed by atoms with E-state index in [9.17, 15) is 20.0 Å². The van der Waals surface area contributed by atoms with Crippen LogP contribution in [0.1, 0.15) is 23.0 Å². The van der Waals surface area contributed by atoms with E-state index in [1.807, 2.05) is 0 Å². The van der Waals surface area contributed by atoms with Gasteiger partial charge in [-0.2, -0.15) is 5.26 Å². The van der Waals surface area contributed by atoms with E-state index in [1.165, 1.54) is 18.4 Å². The summed E-state index contributed by atoms with van der Waals surface area (Å²) < 4.78 is 5.15. The number of halogens is 2. The van der Waals surface area contributed by atoms with Gasteiger partial charge in [-0.3, -0.25) is 9.59 Å². The molecule has 2 aromatic heterocycles. The van der Waals surface area contributed by atoms with Crippen LogP contribution in [-0.4, -0.2) is 27.9 Å². The number of carbonyl (C=O) groups excluding carboxylic acids is 2. The summed E-state index contributed by atoms with van der Waals surface area (Å²) in [6.07, 6.45) is 1.35. The van der Waals surface area contributed by atoms with Crippen LogP contribution in [0, 0.1) is 11.3 Å². The van der Waals surface area contributed by atoms with E-state index in [1.54, 1.807) is 55.5 Å². The number of aromatic hydroxyl groups is 1. The van der Waals surface area contributed by atoms with Crippen LogP contribution in [0.3, 0.4) is 0 Å². The van der Waals surface area contributed by atoms with Crippen LogP contribution in [0.2, 0.25) is 5.02 Å². The number of nitrogens with one attached hydrogen (secondary N) is 2. The summed E-state index contributed by atoms with van der Waals surface area (Å²) in [6, 6.07) is 17.3. The Kier molecular flexibility index (Phi) is 8.52. The molecule has 5 N–H and O–H groups in total. The molecule has 2 aromatic carbocycles. The van der Waals surface area contributed by atoms with E-state index in [0.29, 0.717) is 27.4 Å². The molecular formula is C26H21Cl2N5O4. The zero-order chi connectivity index (χ0) is 25.8. The number of phenolic OH excluding ortho intramolecular Hbond substituents is 1. The minimum atomic E-state index is -0.716. The number of pyridine rings is 1. The molecule has 0 aliphatic heterocycles. The van der Waals surface area contributed by atoms with E-state index >= 15 is 0 Å². The lowest BCUT2D eigenvalue weighted by Crippen LogP contribution is -2.32. The number of rotatable bonds is 6. The van der Waals surface area contributed by atoms with Gasteiger partial charge in [0.2, 0.25) is 5.91 Å². The first-order valence-electron chi connectivity index (χ1n) is 10.7. The Labute approximate surface area is 223 Å². The largest absolute Gasteiger partial charge is 0.507 e. The molecule has 9 nitrogen and oxygen atoms in total. The number of hydrogen-bond donors (Lipinski definition) is 4. The van der Waals surface area contributed by atoms with E-state index in [-0.39, 0.29) is 46.9 Å². The zero-order valence-electron chi connectivity index (χ0n) is 19.4. The van der Waals surface area contributed by atoms with Crippen molar-refractivity contribution in [1.29, 1.82) is 5.26 Å². The summed E-state index contributed by atoms with van der Waals surface area (Å²) in [6.45, 7) is 1.56. The monoisotopic (exact) mass is 537 g/mol. The molecule has 0 saturated heterocycles. The number of aromatic nitrogens is 1. The molecule has 4 rings (SSSR count). The van der Waals surface area contributed by atoms with E-state index < -0.39 is 11.9 Å². The summed E-state index contributed by atoms with van der Waals surface area (Å²) in [5.74, 6) is -1.12. The van der Waals surface area contributed by atoms with Crippen molar-refractivity contribution in [3.8, 4) is 34.2 Å². The molecule has 4 aromatic rings. The molecule has 2 heterocycles. The van der Waals surface area contributed by atoms with Gasteiger partial charge >= 0.3 is 0 Å². The lowest BCUT2D eigenvalue weighted by molar-refractivity contribution is -0.117. The maximum atomic E-state index is 12.7. The van der Waals surface area contributed by atoms with Crippen molar-refractivity contribution in [2.45, 2.75) is 13.0 Å². The molecule has 0 radical (unpaired) electrons. The third-order valence-corrected chi connectivity index (χ3v) is 5.43. The van der Waals surface area contributed by atoms with Crippen LogP contribution in [-0.2, 0) is 4.79 Å². The van der Waals surface area contributed by atoms with Crippen LogP contribution in [0.4, 0.5) is 11.5 Å². The molecule has 188 valence electrons. The van der Waals surface area contributed by atoms with Crippen molar-refractivity contribution >= 4 is 47.3 Å². The van der Waals surface area contributed by atoms with Gasteiger partial charge < -0.3 is 25.9 Å². The highest BCUT2D eigenvalue weighted by Gasteiger charge is 2.20. The average molecular weight is 538 g/mol. The second-order valence-electron chi connectivity index (χ2n) is 7.84. The van der Waals surface area contributed by atoms with Crippen LogP contribution in [0.25, 0.3) is 22.4 Å². The fourth-order valence-corrected chi connectivity index (χ4v) is 3.60. The van der Waals surface area contributed by atoms with Crippen LogP contribution in [0.15, 0.2) is 71.3 Å². The number of nitriles is 1. The quantitative estimate of drug-likeness (QED) is 0.263. The number of phenols is 1. The lowest BCUT2D eigenvalue weighted by atomic mass is 9.97. The first-order valence-corrected chi connectivity index (χ1v) is 11.1. The normalized spacial score (nSPS) is 11.1. The third-order valence-electron chi connectivity index (χ3n) is 5.20. The molecule has 0 aliphatic carbocycles. The van der Waals surface area contributed by atoms with Gasteiger partial charge in [-0.25, -0.2) is 4.98 Å². The van der Waals surface area contributed by atoms with Crippen molar-refractivity contribution in [3.63, 3.8) is 0 Å². The van der Waals surface area contributed by atoms with Gasteiger partial charge in [0.25, 0.3) is 5.91 Å². The first kappa shape index (κ1) is 27.2. The summed E-state index contributed by atoms with van der Waals surface area (Å²) in [5.41, 5.74) is 7.76. The molecule has 0 unspecified atom stereocenters. The number of hydrogen-bond acceptors (Lipinski definition) is 7. The van der Waals surface area contributed by atoms with Crippen molar-refractivity contribution in [1.82, 2.24) is 4.98 Å². The smallest absolute Gasteiger partial charge is 0.292 e. The SMILES string of the molecule is C[C@H](N)C(=O)Nc1cccc(-c2cc(-c3ccc(Cl)cc3O)nc(NC(=O)c3ccco3)c2C#N)c1.Cl. The standard InChI is InChI=1S/C26H20ClN5O4.ClH/c1-14(29)25(34)30-17-5-2-4-15(10-17)19-12-21(18-8-7-16(27)11-22(18)33)31-24(20(19)13-28)32-26(35)23-6-3-9-36-23;/h2-12,14,33H,29H2,1H3,(H,30,34)(H,31,32,35);1H/t14-;/m0./s1. The molecular weight excluding hydrogens is 517 g/mol. The second kappa shape index (κ2) is 11.6. The van der Waals surface area contributed by atoms with E-state index in [4.69, 9.17) is 21.8 Å². The maximum Gasteiger partial charge on any atom is 0.292 e. The molecule has 0 saturated carbocycles. The number of carbonyl (C=O) groups is 2. The van der Waals surface area contributed by atoms with Gasteiger partial charge in [-0.05, 0) is 61.0 Å². The Morgan fingerprint density at radius 2 is 1.89 bits per heavy atom. The molecule has 1 atom stereocenters. The Hall–Kier alpha value is -4.36. The predicted octanol–water partition coefficient (Wildman–Crippen LogP) is 5.20. The number of furan rings is 1. The fourth-order valence-electron chi connectivity index (χ4n) is 3.43. The van der Waals surface area contributed by atoms with Gasteiger partial charge in [0.1, 0.15) is 17.4 Å². The molecule has 0 fully saturated rings. The van der Waals surface area contributed by atoms with E-state index in [0.717, 1.165) is 0 Å². The highest BCUT2D eigenvalue weighted by molar-refractivity contribution is 6.30. The molecule has 0 aliphatic rings. The number of nitrogens with zero attached hydrogens (tertiary/aromatic N) is 2. The van der Waals surface area contributed by atoms with Crippen molar-refractivity contribution in [3.05, 3.63) is 83.3 Å². The molecule has 37 heavy (non-hydrogen) atoms. The molecule has 11 heteroatoms. The number of nitrogens with two attached hydrogens (primary N) is 1. The Morgan fingerprint density at radius 3 is 2.54 bits per heavy atom. The van der Waals surface area contributed by atoms with Crippen LogP contribution < -0.4 is 16.4 Å². The van der Waals surface area contributed by atoms with Crippen LogP contribution >= 0.6 is 24.0 Å². The Balaban J connectivity index is 0.00000380. The highest BCUT2D eigenvalue weighted by atomic mass is 35.5. The molecule has 0 spiro atoms. The first-order chi connectivity index (χ1) is 17.3. The Morgan fingerprint density at radius 1 is 1.11 bits per heavy atom. The van der Waals surface area contributed by atoms with Gasteiger partial charge in [0.15, 0.2) is 11.6 Å². The predicted molar refractivity (Wildman–Crippen MR) is 143 cm³/mol. The average Bonchev–Trinajstić information content (AvgIpc) is 3.39. The summed E-state index contributed by atoms with van der Waals surface area (Å²) >= 11 is 5.98. The summed E-state index contributed by atoms with van der Waals surface area (Å²) in [7, 11) is 0. The third kappa shape index (κ3) is 6.08. The second-order valence-corrected chi connectivity index (χ2v) is 8.28. The molecule has 2 amide bonds. The minimum absolute atomic E-state index is 0. The van der Waals surface area contributed by atoms with Crippen LogP contribution in [0.5, 0.6) is 5.75 Å². The van der Waals surface area contributed by atoms with Gasteiger partial charge in [-0.1, -0.05) is 23.7 Å². The number of anilines is 2. The van der Waals surface area contributed by atoms with Crippen molar-refractivity contribution < 1.29 is 19.1 Å². The Bertz CT molecular complexity index is 1500. The molecule has 0 bridgehead atoms. The number of benzene rings is 2. The van der Waals surface area contributed by atoms with Crippen molar-refractivity contribution in [2.24, 2.45) is 5.73 Å². The fraction of sp³-hybridized carbons (Fsp3) is 0.0769. The van der Waals surface area contributed by atoms with Gasteiger partial charge in [0, 0.05) is 21.8 Å². The number of amides is 2. The summed E-state index contributed by atoms with van der Waals surface area (Å²) in [5, 5.41) is 26.2. The minimum Gasteiger partial charge on any atom is -0.507 e. The summed E-state index contributed by atoms with van der Waals surface area (Å²) in [4.78, 5) is 29.2. The van der Waals surface area contributed by atoms with Gasteiger partial charge in [-0.15, -0.1) is 12.4 Å². The highest BCUT2D eigenvalue weighted by Crippen LogP contribution is 2.37. The van der Waals surface area contributed by atoms with Crippen molar-refractivity contribution in [2.75, 3.05) is 10.6 Å². The van der Waals surface area contributed by atoms with Gasteiger partial charge in [0.05, 0.1) is 18.0 Å². The zero-order valence-corrected chi connectivity index (χ0v) is 20.9. The maximum absolute atomic E-state index is 12.7. The lowest BCUT2D eigenvalue weighted by Gasteiger charge is -2.15. The topological polar surface area (TPSA) is 154 Å². The van der Waals surface area contributed by atoms with E-state index in [2.05, 4.69) is 21.7 Å².